The van der Waals surface area contributed by atoms with E-state index >= 15 is 0 Å². The average Bonchev–Trinajstić information content (AvgIpc) is 3.11. The van der Waals surface area contributed by atoms with Crippen molar-refractivity contribution in [2.75, 3.05) is 7.05 Å². The highest BCUT2D eigenvalue weighted by Gasteiger charge is 2.45. The van der Waals surface area contributed by atoms with Crippen LogP contribution >= 0.6 is 7.14 Å². The molecule has 132 valence electrons. The quantitative estimate of drug-likeness (QED) is 0.646. The van der Waals surface area contributed by atoms with Gasteiger partial charge in [-0.25, -0.2) is 0 Å². The standard InChI is InChI=1S/C22H22NO2P/c1-23-21(18-11-5-2-6-12-18)17-22(25-23)26(24,19-13-7-3-8-14-19)20-15-9-4-10-16-20/h2-16,21-22H,17H2,1H3/t21-,22-/m0/s1. The predicted octanol–water partition coefficient (Wildman–Crippen LogP) is 4.34. The summed E-state index contributed by atoms with van der Waals surface area (Å²) in [5, 5.41) is 3.55. The zero-order valence-corrected chi connectivity index (χ0v) is 15.6. The topological polar surface area (TPSA) is 29.5 Å². The Balaban J connectivity index is 1.76. The normalized spacial score (nSPS) is 21.0. The van der Waals surface area contributed by atoms with Crippen LogP contribution in [-0.4, -0.2) is 18.0 Å². The van der Waals surface area contributed by atoms with Gasteiger partial charge in [-0.3, -0.25) is 4.84 Å². The Hall–Kier alpha value is -2.19. The third kappa shape index (κ3) is 3.03. The van der Waals surface area contributed by atoms with Gasteiger partial charge in [-0.05, 0) is 5.56 Å². The van der Waals surface area contributed by atoms with Crippen LogP contribution in [0.25, 0.3) is 0 Å². The predicted molar refractivity (Wildman–Crippen MR) is 106 cm³/mol. The van der Waals surface area contributed by atoms with E-state index in [1.165, 1.54) is 5.56 Å². The van der Waals surface area contributed by atoms with Gasteiger partial charge in [-0.1, -0.05) is 91.0 Å². The number of hydroxylamine groups is 2. The van der Waals surface area contributed by atoms with Gasteiger partial charge in [-0.2, -0.15) is 5.06 Å². The molecular weight excluding hydrogens is 341 g/mol. The second-order valence-electron chi connectivity index (χ2n) is 6.60. The molecule has 0 amide bonds. The number of nitrogens with zero attached hydrogens (tertiary/aromatic N) is 1. The van der Waals surface area contributed by atoms with E-state index in [4.69, 9.17) is 4.84 Å². The van der Waals surface area contributed by atoms with Gasteiger partial charge in [0.25, 0.3) is 0 Å². The van der Waals surface area contributed by atoms with Gasteiger partial charge in [0.05, 0.1) is 6.04 Å². The molecule has 0 aliphatic carbocycles. The second-order valence-corrected chi connectivity index (χ2v) is 9.52. The highest BCUT2D eigenvalue weighted by Crippen LogP contribution is 2.55. The smallest absolute Gasteiger partial charge is 0.172 e. The molecule has 4 heteroatoms. The lowest BCUT2D eigenvalue weighted by atomic mass is 10.1. The van der Waals surface area contributed by atoms with E-state index in [1.807, 2.05) is 91.0 Å². The third-order valence-corrected chi connectivity index (χ3v) is 8.27. The monoisotopic (exact) mass is 363 g/mol. The first-order chi connectivity index (χ1) is 12.7. The summed E-state index contributed by atoms with van der Waals surface area (Å²) in [4.78, 5) is 6.17. The maximum Gasteiger partial charge on any atom is 0.172 e. The first-order valence-electron chi connectivity index (χ1n) is 8.85. The second kappa shape index (κ2) is 7.20. The van der Waals surface area contributed by atoms with Crippen molar-refractivity contribution < 1.29 is 9.40 Å². The van der Waals surface area contributed by atoms with Crippen molar-refractivity contribution in [3.63, 3.8) is 0 Å². The molecule has 1 saturated heterocycles. The van der Waals surface area contributed by atoms with Gasteiger partial charge in [-0.15, -0.1) is 0 Å². The Bertz CT molecular complexity index is 856. The molecule has 0 spiro atoms. The zero-order chi connectivity index (χ0) is 18.0. The van der Waals surface area contributed by atoms with Crippen molar-refractivity contribution >= 4 is 17.8 Å². The fourth-order valence-electron chi connectivity index (χ4n) is 3.66. The Morgan fingerprint density at radius 3 is 1.77 bits per heavy atom. The minimum atomic E-state index is -2.93. The van der Waals surface area contributed by atoms with Crippen molar-refractivity contribution in [3.05, 3.63) is 96.6 Å². The minimum absolute atomic E-state index is 0.0990. The summed E-state index contributed by atoms with van der Waals surface area (Å²) in [5.41, 5.74) is 1.19. The number of benzene rings is 3. The summed E-state index contributed by atoms with van der Waals surface area (Å²) < 4.78 is 14.4. The van der Waals surface area contributed by atoms with E-state index in [-0.39, 0.29) is 11.9 Å². The maximum atomic E-state index is 14.4. The third-order valence-electron chi connectivity index (χ3n) is 5.02. The molecule has 3 nitrogen and oxygen atoms in total. The minimum Gasteiger partial charge on any atom is -0.311 e. The van der Waals surface area contributed by atoms with Crippen LogP contribution in [0.3, 0.4) is 0 Å². The lowest BCUT2D eigenvalue weighted by Crippen LogP contribution is -2.26. The molecule has 0 unspecified atom stereocenters. The fourth-order valence-corrected chi connectivity index (χ4v) is 6.64. The molecule has 0 saturated carbocycles. The molecule has 1 heterocycles. The molecule has 0 N–H and O–H groups in total. The highest BCUT2D eigenvalue weighted by molar-refractivity contribution is 7.79. The Morgan fingerprint density at radius 2 is 1.27 bits per heavy atom. The molecule has 3 aromatic rings. The highest BCUT2D eigenvalue weighted by atomic mass is 31.2. The molecule has 0 radical (unpaired) electrons. The van der Waals surface area contributed by atoms with Crippen LogP contribution in [-0.2, 0) is 9.40 Å². The molecule has 0 aromatic heterocycles. The molecule has 26 heavy (non-hydrogen) atoms. The summed E-state index contributed by atoms with van der Waals surface area (Å²) in [6, 6.07) is 29.9. The van der Waals surface area contributed by atoms with E-state index in [0.717, 1.165) is 10.6 Å². The fraction of sp³-hybridized carbons (Fsp3) is 0.182. The molecule has 2 atom stereocenters. The largest absolute Gasteiger partial charge is 0.311 e. The van der Waals surface area contributed by atoms with Crippen molar-refractivity contribution in [2.24, 2.45) is 0 Å². The van der Waals surface area contributed by atoms with E-state index < -0.39 is 7.14 Å². The lowest BCUT2D eigenvalue weighted by Gasteiger charge is -2.24. The Morgan fingerprint density at radius 1 is 0.808 bits per heavy atom. The summed E-state index contributed by atoms with van der Waals surface area (Å²) in [5.74, 6) is -0.373. The van der Waals surface area contributed by atoms with Crippen LogP contribution in [0.1, 0.15) is 18.0 Å². The van der Waals surface area contributed by atoms with Gasteiger partial charge in [0.1, 0.15) is 5.85 Å². The molecular formula is C22H22NO2P. The first-order valence-corrected chi connectivity index (χ1v) is 10.6. The molecule has 4 rings (SSSR count). The summed E-state index contributed by atoms with van der Waals surface area (Å²) in [6.07, 6.45) is 0.696. The van der Waals surface area contributed by atoms with Crippen LogP contribution in [0, 0.1) is 0 Å². The van der Waals surface area contributed by atoms with Crippen LogP contribution < -0.4 is 10.6 Å². The van der Waals surface area contributed by atoms with E-state index in [2.05, 4.69) is 12.1 Å². The zero-order valence-electron chi connectivity index (χ0n) is 14.7. The van der Waals surface area contributed by atoms with Crippen LogP contribution in [0.4, 0.5) is 0 Å². The molecule has 0 bridgehead atoms. The molecule has 1 aliphatic rings. The number of rotatable bonds is 4. The van der Waals surface area contributed by atoms with Gasteiger partial charge >= 0.3 is 0 Å². The van der Waals surface area contributed by atoms with Crippen molar-refractivity contribution in [2.45, 2.75) is 18.3 Å². The summed E-state index contributed by atoms with van der Waals surface area (Å²) in [7, 11) is -1.00. The molecule has 3 aromatic carbocycles. The Labute approximate surface area is 154 Å². The van der Waals surface area contributed by atoms with E-state index in [1.54, 1.807) is 0 Å². The van der Waals surface area contributed by atoms with E-state index in [9.17, 15) is 4.57 Å². The first kappa shape index (κ1) is 17.2. The summed E-state index contributed by atoms with van der Waals surface area (Å²) in [6.45, 7) is 0. The van der Waals surface area contributed by atoms with Crippen molar-refractivity contribution in [3.8, 4) is 0 Å². The van der Waals surface area contributed by atoms with Gasteiger partial charge < -0.3 is 4.57 Å². The van der Waals surface area contributed by atoms with Gasteiger partial charge in [0.15, 0.2) is 7.14 Å². The van der Waals surface area contributed by atoms with Gasteiger partial charge in [0, 0.05) is 24.1 Å². The molecule has 1 aliphatic heterocycles. The van der Waals surface area contributed by atoms with Crippen LogP contribution in [0.5, 0.6) is 0 Å². The average molecular weight is 363 g/mol. The Kier molecular flexibility index (Phi) is 4.78. The summed E-state index contributed by atoms with van der Waals surface area (Å²) >= 11 is 0. The maximum absolute atomic E-state index is 14.4. The SMILES string of the molecule is CN1O[C@@H](P(=O)(c2ccccc2)c2ccccc2)C[C@H]1c1ccccc1. The van der Waals surface area contributed by atoms with Crippen LogP contribution in [0.15, 0.2) is 91.0 Å². The molecule has 1 fully saturated rings. The van der Waals surface area contributed by atoms with E-state index in [0.29, 0.717) is 6.42 Å². The number of hydrogen-bond donors (Lipinski definition) is 0. The van der Waals surface area contributed by atoms with Gasteiger partial charge in [0.2, 0.25) is 0 Å². The van der Waals surface area contributed by atoms with Crippen LogP contribution in [0.2, 0.25) is 0 Å². The lowest BCUT2D eigenvalue weighted by molar-refractivity contribution is -0.122. The number of hydrogen-bond acceptors (Lipinski definition) is 3. The van der Waals surface area contributed by atoms with Crippen molar-refractivity contribution in [1.29, 1.82) is 0 Å². The van der Waals surface area contributed by atoms with Crippen molar-refractivity contribution in [1.82, 2.24) is 5.06 Å².